The fourth-order valence-electron chi connectivity index (χ4n) is 4.80. The van der Waals surface area contributed by atoms with Crippen LogP contribution in [0.25, 0.3) is 28.2 Å². The number of aromatic nitrogens is 6. The lowest BCUT2D eigenvalue weighted by molar-refractivity contribution is 0.0796. The fourth-order valence-corrected chi connectivity index (χ4v) is 5.55. The predicted molar refractivity (Wildman–Crippen MR) is 154 cm³/mol. The first-order valence-corrected chi connectivity index (χ1v) is 17.3. The minimum atomic E-state index is -1.25. The van der Waals surface area contributed by atoms with Gasteiger partial charge in [0.25, 0.3) is 0 Å². The molecule has 0 radical (unpaired) electrons. The van der Waals surface area contributed by atoms with Crippen LogP contribution < -0.4 is 4.90 Å². The van der Waals surface area contributed by atoms with E-state index in [0.29, 0.717) is 34.8 Å². The van der Waals surface area contributed by atoms with Crippen molar-refractivity contribution in [2.45, 2.75) is 38.5 Å². The number of ether oxygens (including phenoxy) is 2. The third kappa shape index (κ3) is 5.75. The molecule has 1 aliphatic heterocycles. The van der Waals surface area contributed by atoms with Gasteiger partial charge in [-0.3, -0.25) is 4.90 Å². The first-order valence-electron chi connectivity index (χ1n) is 13.6. The largest absolute Gasteiger partial charge is 0.447 e. The zero-order valence-electron chi connectivity index (χ0n) is 23.7. The van der Waals surface area contributed by atoms with Gasteiger partial charge in [0.05, 0.1) is 11.8 Å². The quantitative estimate of drug-likeness (QED) is 0.148. The lowest BCUT2D eigenvalue weighted by Gasteiger charge is -2.21. The normalized spacial score (nSPS) is 15.4. The molecule has 10 nitrogen and oxygen atoms in total. The van der Waals surface area contributed by atoms with Gasteiger partial charge in [0, 0.05) is 26.4 Å². The number of carbonyl (C=O) groups excluding carboxylic acids is 1. The number of amides is 1. The standard InChI is InChI=1S/C29H28F3N7O3Si/c1-43(2,3)11-10-41-17-38-27(33-16-35-38)20-6-4-18(12-23(20)31)21-14-34-37-9-8-26(36-28(21)37)39-25(15-42-29(39)40)19-5-7-22(30)24(32)13-19/h4-9,12-14,16,25H,10-11,15,17H2,1-3H3. The number of halogens is 3. The van der Waals surface area contributed by atoms with E-state index in [0.717, 1.165) is 18.2 Å². The summed E-state index contributed by atoms with van der Waals surface area (Å²) in [5.41, 5.74) is 1.98. The molecule has 1 fully saturated rings. The molecule has 43 heavy (non-hydrogen) atoms. The van der Waals surface area contributed by atoms with E-state index in [1.165, 1.54) is 32.6 Å². The monoisotopic (exact) mass is 607 g/mol. The highest BCUT2D eigenvalue weighted by Crippen LogP contribution is 2.34. The average molecular weight is 608 g/mol. The Hall–Kier alpha value is -4.56. The number of hydrogen-bond donors (Lipinski definition) is 0. The van der Waals surface area contributed by atoms with Crippen LogP contribution >= 0.6 is 0 Å². The van der Waals surface area contributed by atoms with Gasteiger partial charge in [-0.15, -0.1) is 0 Å². The highest BCUT2D eigenvalue weighted by atomic mass is 28.3. The van der Waals surface area contributed by atoms with Gasteiger partial charge in [-0.2, -0.15) is 10.2 Å². The molecule has 3 aromatic heterocycles. The van der Waals surface area contributed by atoms with E-state index >= 15 is 4.39 Å². The zero-order chi connectivity index (χ0) is 30.3. The summed E-state index contributed by atoms with van der Waals surface area (Å²) in [6.07, 6.45) is 3.82. The van der Waals surface area contributed by atoms with Crippen molar-refractivity contribution in [1.29, 1.82) is 0 Å². The van der Waals surface area contributed by atoms with Crippen LogP contribution in [0.2, 0.25) is 25.7 Å². The Balaban J connectivity index is 1.28. The van der Waals surface area contributed by atoms with Crippen molar-refractivity contribution in [3.05, 3.63) is 84.2 Å². The molecule has 1 amide bonds. The molecule has 222 valence electrons. The van der Waals surface area contributed by atoms with Crippen molar-refractivity contribution in [2.75, 3.05) is 18.1 Å². The molecule has 14 heteroatoms. The average Bonchev–Trinajstić information content (AvgIpc) is 3.70. The minimum absolute atomic E-state index is 0.0659. The zero-order valence-corrected chi connectivity index (χ0v) is 24.7. The van der Waals surface area contributed by atoms with Gasteiger partial charge in [0.2, 0.25) is 0 Å². The molecule has 0 N–H and O–H groups in total. The summed E-state index contributed by atoms with van der Waals surface area (Å²) in [7, 11) is -1.25. The molecule has 2 aromatic carbocycles. The molecule has 0 aliphatic carbocycles. The van der Waals surface area contributed by atoms with Gasteiger partial charge >= 0.3 is 6.09 Å². The highest BCUT2D eigenvalue weighted by Gasteiger charge is 2.37. The van der Waals surface area contributed by atoms with Gasteiger partial charge in [-0.05, 0) is 47.5 Å². The molecule has 1 atom stereocenters. The van der Waals surface area contributed by atoms with E-state index in [-0.39, 0.29) is 24.7 Å². The van der Waals surface area contributed by atoms with Crippen molar-refractivity contribution in [3.8, 4) is 22.5 Å². The van der Waals surface area contributed by atoms with Crippen LogP contribution in [0.15, 0.2) is 61.2 Å². The predicted octanol–water partition coefficient (Wildman–Crippen LogP) is 6.08. The van der Waals surface area contributed by atoms with Crippen molar-refractivity contribution in [3.63, 3.8) is 0 Å². The van der Waals surface area contributed by atoms with Crippen molar-refractivity contribution >= 4 is 25.6 Å². The molecule has 1 unspecified atom stereocenters. The number of benzene rings is 2. The highest BCUT2D eigenvalue weighted by molar-refractivity contribution is 6.76. The number of hydrogen-bond acceptors (Lipinski definition) is 7. The second-order valence-corrected chi connectivity index (χ2v) is 17.0. The topological polar surface area (TPSA) is 99.7 Å². The molecule has 5 aromatic rings. The molecule has 0 bridgehead atoms. The first-order chi connectivity index (χ1) is 20.6. The van der Waals surface area contributed by atoms with E-state index in [9.17, 15) is 13.6 Å². The first kappa shape index (κ1) is 28.6. The Kier molecular flexibility index (Phi) is 7.48. The van der Waals surface area contributed by atoms with Crippen molar-refractivity contribution in [1.82, 2.24) is 29.4 Å². The fraction of sp³-hybridized carbons (Fsp3) is 0.276. The summed E-state index contributed by atoms with van der Waals surface area (Å²) in [5.74, 6) is -1.99. The Bertz CT molecular complexity index is 1820. The van der Waals surface area contributed by atoms with E-state index in [1.54, 1.807) is 30.6 Å². The van der Waals surface area contributed by atoms with Crippen LogP contribution in [0.1, 0.15) is 11.6 Å². The van der Waals surface area contributed by atoms with Gasteiger partial charge in [-0.25, -0.2) is 37.1 Å². The SMILES string of the molecule is C[Si](C)(C)CCOCn1ncnc1-c1ccc(-c2cnn3ccc(N4C(=O)OCC4c4ccc(F)c(F)c4)nc23)cc1F. The second-order valence-electron chi connectivity index (χ2n) is 11.4. The van der Waals surface area contributed by atoms with Crippen LogP contribution in [0.5, 0.6) is 0 Å². The maximum Gasteiger partial charge on any atom is 0.416 e. The van der Waals surface area contributed by atoms with Crippen LogP contribution in [0.4, 0.5) is 23.8 Å². The Morgan fingerprint density at radius 3 is 2.60 bits per heavy atom. The molecule has 1 saturated heterocycles. The van der Waals surface area contributed by atoms with Crippen LogP contribution in [0.3, 0.4) is 0 Å². The summed E-state index contributed by atoms with van der Waals surface area (Å²) >= 11 is 0. The number of rotatable bonds is 9. The second kappa shape index (κ2) is 11.3. The Morgan fingerprint density at radius 1 is 1.00 bits per heavy atom. The van der Waals surface area contributed by atoms with Crippen molar-refractivity contribution < 1.29 is 27.4 Å². The van der Waals surface area contributed by atoms with Crippen molar-refractivity contribution in [2.24, 2.45) is 0 Å². The van der Waals surface area contributed by atoms with Gasteiger partial charge in [0.15, 0.2) is 23.1 Å². The van der Waals surface area contributed by atoms with E-state index in [4.69, 9.17) is 9.47 Å². The summed E-state index contributed by atoms with van der Waals surface area (Å²) in [5, 5.41) is 8.51. The smallest absolute Gasteiger partial charge is 0.416 e. The number of nitrogens with zero attached hydrogens (tertiary/aromatic N) is 7. The maximum atomic E-state index is 15.5. The number of fused-ring (bicyclic) bond motifs is 1. The number of carbonyl (C=O) groups is 1. The molecule has 1 aliphatic rings. The van der Waals surface area contributed by atoms with Crippen LogP contribution in [-0.4, -0.2) is 56.7 Å². The lowest BCUT2D eigenvalue weighted by atomic mass is 10.1. The summed E-state index contributed by atoms with van der Waals surface area (Å²) in [6, 6.07) is 9.96. The Morgan fingerprint density at radius 2 is 1.84 bits per heavy atom. The third-order valence-electron chi connectivity index (χ3n) is 7.15. The van der Waals surface area contributed by atoms with Crippen LogP contribution in [-0.2, 0) is 16.2 Å². The van der Waals surface area contributed by atoms with E-state index < -0.39 is 37.7 Å². The maximum absolute atomic E-state index is 15.5. The van der Waals surface area contributed by atoms with Crippen LogP contribution in [0, 0.1) is 17.5 Å². The van der Waals surface area contributed by atoms with E-state index in [1.807, 2.05) is 0 Å². The van der Waals surface area contributed by atoms with E-state index in [2.05, 4.69) is 39.8 Å². The van der Waals surface area contributed by atoms with Gasteiger partial charge in [-0.1, -0.05) is 31.8 Å². The number of cyclic esters (lactones) is 1. The Labute approximate surface area is 245 Å². The third-order valence-corrected chi connectivity index (χ3v) is 8.85. The summed E-state index contributed by atoms with van der Waals surface area (Å²) in [4.78, 5) is 22.8. The molecule has 0 saturated carbocycles. The summed E-state index contributed by atoms with van der Waals surface area (Å²) < 4.78 is 57.0. The lowest BCUT2D eigenvalue weighted by Crippen LogP contribution is -2.28. The number of anilines is 1. The van der Waals surface area contributed by atoms with Gasteiger partial charge in [0.1, 0.15) is 37.3 Å². The molecule has 0 spiro atoms. The minimum Gasteiger partial charge on any atom is -0.447 e. The molecule has 4 heterocycles. The molecular formula is C29H28F3N7O3Si. The molecule has 6 rings (SSSR count). The molecular weight excluding hydrogens is 579 g/mol. The van der Waals surface area contributed by atoms with Gasteiger partial charge < -0.3 is 9.47 Å². The summed E-state index contributed by atoms with van der Waals surface area (Å²) in [6.45, 7) is 7.48.